The highest BCUT2D eigenvalue weighted by Crippen LogP contribution is 2.14. The van der Waals surface area contributed by atoms with Crippen molar-refractivity contribution >= 4 is 23.4 Å². The second-order valence-electron chi connectivity index (χ2n) is 6.62. The summed E-state index contributed by atoms with van der Waals surface area (Å²) in [6.07, 6.45) is 1.99. The van der Waals surface area contributed by atoms with Crippen molar-refractivity contribution in [3.05, 3.63) is 54.7 Å². The number of aromatic nitrogens is 1. The van der Waals surface area contributed by atoms with Crippen LogP contribution in [0.5, 0.6) is 0 Å². The van der Waals surface area contributed by atoms with Crippen molar-refractivity contribution in [3.63, 3.8) is 0 Å². The minimum Gasteiger partial charge on any atom is -0.353 e. The summed E-state index contributed by atoms with van der Waals surface area (Å²) in [4.78, 5) is 34.6. The highest BCUT2D eigenvalue weighted by Gasteiger charge is 2.22. The Balaban J connectivity index is 1.44. The Bertz CT molecular complexity index is 844. The minimum absolute atomic E-state index is 0.0116. The number of pyridine rings is 1. The number of carbonyl (C=O) groups is 2. The molecule has 2 heterocycles. The van der Waals surface area contributed by atoms with Crippen LogP contribution in [0.2, 0.25) is 0 Å². The molecule has 1 aromatic heterocycles. The molecule has 3 amide bonds. The number of anilines is 2. The fourth-order valence-corrected chi connectivity index (χ4v) is 3.21. The van der Waals surface area contributed by atoms with E-state index in [1.54, 1.807) is 30.5 Å². The normalized spacial score (nSPS) is 13.5. The number of hydrogen-bond donors (Lipinski definition) is 1. The molecular formula is C21H24N6O2. The minimum atomic E-state index is -0.384. The number of piperazine rings is 1. The quantitative estimate of drug-likeness (QED) is 0.758. The van der Waals surface area contributed by atoms with Crippen LogP contribution >= 0.6 is 0 Å². The third kappa shape index (κ3) is 5.45. The van der Waals surface area contributed by atoms with Gasteiger partial charge in [-0.05, 0) is 24.3 Å². The second-order valence-corrected chi connectivity index (χ2v) is 6.62. The summed E-state index contributed by atoms with van der Waals surface area (Å²) in [5, 5.41) is 11.7. The Morgan fingerprint density at radius 1 is 1.07 bits per heavy atom. The summed E-state index contributed by atoms with van der Waals surface area (Å²) < 4.78 is 0. The SMILES string of the molecule is N#CCN(C(=O)NCCC(=O)N1CCN(c2ccccn2)CC1)c1ccccc1. The number of benzene rings is 1. The zero-order valence-corrected chi connectivity index (χ0v) is 16.2. The van der Waals surface area contributed by atoms with E-state index in [-0.39, 0.29) is 31.4 Å². The van der Waals surface area contributed by atoms with Crippen LogP contribution in [0.4, 0.5) is 16.3 Å². The lowest BCUT2D eigenvalue weighted by Crippen LogP contribution is -2.49. The molecule has 1 N–H and O–H groups in total. The van der Waals surface area contributed by atoms with E-state index in [2.05, 4.69) is 15.2 Å². The molecule has 0 saturated carbocycles. The molecule has 3 rings (SSSR count). The Kier molecular flexibility index (Phi) is 7.00. The molecule has 1 aromatic carbocycles. The maximum Gasteiger partial charge on any atom is 0.322 e. The van der Waals surface area contributed by atoms with Gasteiger partial charge in [0.15, 0.2) is 0 Å². The average molecular weight is 392 g/mol. The van der Waals surface area contributed by atoms with Gasteiger partial charge in [0.25, 0.3) is 0 Å². The predicted molar refractivity (Wildman–Crippen MR) is 110 cm³/mol. The second kappa shape index (κ2) is 10.1. The van der Waals surface area contributed by atoms with Crippen LogP contribution in [0.3, 0.4) is 0 Å². The van der Waals surface area contributed by atoms with Crippen molar-refractivity contribution in [2.75, 3.05) is 49.1 Å². The van der Waals surface area contributed by atoms with Gasteiger partial charge in [0.1, 0.15) is 12.4 Å². The third-order valence-corrected chi connectivity index (χ3v) is 4.76. The van der Waals surface area contributed by atoms with E-state index in [1.165, 1.54) is 4.90 Å². The number of rotatable bonds is 6. The lowest BCUT2D eigenvalue weighted by Gasteiger charge is -2.35. The van der Waals surface area contributed by atoms with Crippen molar-refractivity contribution in [2.24, 2.45) is 0 Å². The first kappa shape index (κ1) is 20.1. The molecule has 2 aromatic rings. The topological polar surface area (TPSA) is 92.6 Å². The molecule has 0 atom stereocenters. The standard InChI is InChI=1S/C21H24N6O2/c22-10-13-27(18-6-2-1-3-7-18)21(29)24-12-9-20(28)26-16-14-25(15-17-26)19-8-4-5-11-23-19/h1-8,11H,9,12-17H2,(H,24,29). The summed E-state index contributed by atoms with van der Waals surface area (Å²) in [7, 11) is 0. The number of hydrogen-bond acceptors (Lipinski definition) is 5. The van der Waals surface area contributed by atoms with Crippen LogP contribution < -0.4 is 15.1 Å². The number of nitriles is 1. The van der Waals surface area contributed by atoms with E-state index in [0.29, 0.717) is 18.8 Å². The monoisotopic (exact) mass is 392 g/mol. The Morgan fingerprint density at radius 2 is 1.79 bits per heavy atom. The molecule has 1 aliphatic heterocycles. The van der Waals surface area contributed by atoms with Gasteiger partial charge in [-0.3, -0.25) is 9.69 Å². The van der Waals surface area contributed by atoms with Crippen molar-refractivity contribution in [1.29, 1.82) is 5.26 Å². The zero-order valence-electron chi connectivity index (χ0n) is 16.2. The van der Waals surface area contributed by atoms with Gasteiger partial charge in [-0.2, -0.15) is 5.26 Å². The van der Waals surface area contributed by atoms with Crippen molar-refractivity contribution in [2.45, 2.75) is 6.42 Å². The summed E-state index contributed by atoms with van der Waals surface area (Å²) in [5.41, 5.74) is 0.642. The number of nitrogens with zero attached hydrogens (tertiary/aromatic N) is 5. The largest absolute Gasteiger partial charge is 0.353 e. The van der Waals surface area contributed by atoms with E-state index in [1.807, 2.05) is 35.2 Å². The van der Waals surface area contributed by atoms with Gasteiger partial charge in [0.2, 0.25) is 5.91 Å². The molecule has 8 heteroatoms. The fourth-order valence-electron chi connectivity index (χ4n) is 3.21. The Hall–Kier alpha value is -3.60. The van der Waals surface area contributed by atoms with E-state index >= 15 is 0 Å². The molecule has 0 bridgehead atoms. The van der Waals surface area contributed by atoms with Gasteiger partial charge in [-0.15, -0.1) is 0 Å². The molecule has 0 spiro atoms. The van der Waals surface area contributed by atoms with Crippen LogP contribution in [0.1, 0.15) is 6.42 Å². The molecular weight excluding hydrogens is 368 g/mol. The zero-order chi connectivity index (χ0) is 20.5. The highest BCUT2D eigenvalue weighted by atomic mass is 16.2. The molecule has 0 unspecified atom stereocenters. The van der Waals surface area contributed by atoms with Gasteiger partial charge in [0.05, 0.1) is 6.07 Å². The number of para-hydroxylation sites is 1. The third-order valence-electron chi connectivity index (χ3n) is 4.76. The molecule has 0 radical (unpaired) electrons. The van der Waals surface area contributed by atoms with Crippen molar-refractivity contribution in [1.82, 2.24) is 15.2 Å². The Morgan fingerprint density at radius 3 is 2.45 bits per heavy atom. The van der Waals surface area contributed by atoms with Gasteiger partial charge in [0, 0.05) is 51.0 Å². The Labute approximate surface area is 170 Å². The average Bonchev–Trinajstić information content (AvgIpc) is 2.78. The molecule has 1 aliphatic rings. The predicted octanol–water partition coefficient (Wildman–Crippen LogP) is 1.86. The van der Waals surface area contributed by atoms with Crippen LogP contribution in [0.15, 0.2) is 54.7 Å². The first-order valence-electron chi connectivity index (χ1n) is 9.60. The van der Waals surface area contributed by atoms with Crippen molar-refractivity contribution in [3.8, 4) is 6.07 Å². The van der Waals surface area contributed by atoms with Crippen LogP contribution in [-0.4, -0.2) is 61.1 Å². The van der Waals surface area contributed by atoms with E-state index < -0.39 is 0 Å². The smallest absolute Gasteiger partial charge is 0.322 e. The van der Waals surface area contributed by atoms with Gasteiger partial charge in [-0.1, -0.05) is 24.3 Å². The van der Waals surface area contributed by atoms with E-state index in [0.717, 1.165) is 18.9 Å². The number of urea groups is 1. The summed E-state index contributed by atoms with van der Waals surface area (Å²) in [6, 6.07) is 16.4. The molecule has 150 valence electrons. The molecule has 1 saturated heterocycles. The van der Waals surface area contributed by atoms with Gasteiger partial charge < -0.3 is 15.1 Å². The summed E-state index contributed by atoms with van der Waals surface area (Å²) in [5.74, 6) is 0.933. The maximum absolute atomic E-state index is 12.5. The highest BCUT2D eigenvalue weighted by molar-refractivity contribution is 5.92. The number of amides is 3. The van der Waals surface area contributed by atoms with Crippen molar-refractivity contribution < 1.29 is 9.59 Å². The van der Waals surface area contributed by atoms with Gasteiger partial charge >= 0.3 is 6.03 Å². The van der Waals surface area contributed by atoms with Crippen LogP contribution in [0.25, 0.3) is 0 Å². The van der Waals surface area contributed by atoms with E-state index in [4.69, 9.17) is 5.26 Å². The first-order valence-corrected chi connectivity index (χ1v) is 9.60. The maximum atomic E-state index is 12.5. The number of nitrogens with one attached hydrogen (secondary N) is 1. The summed E-state index contributed by atoms with van der Waals surface area (Å²) >= 11 is 0. The molecule has 1 fully saturated rings. The van der Waals surface area contributed by atoms with Crippen LogP contribution in [-0.2, 0) is 4.79 Å². The summed E-state index contributed by atoms with van der Waals surface area (Å²) in [6.45, 7) is 2.91. The lowest BCUT2D eigenvalue weighted by atomic mass is 10.2. The molecule has 29 heavy (non-hydrogen) atoms. The van der Waals surface area contributed by atoms with Crippen LogP contribution in [0, 0.1) is 11.3 Å². The fraction of sp³-hybridized carbons (Fsp3) is 0.333. The molecule has 8 nitrogen and oxygen atoms in total. The van der Waals surface area contributed by atoms with Gasteiger partial charge in [-0.25, -0.2) is 9.78 Å². The first-order chi connectivity index (χ1) is 14.2. The number of carbonyl (C=O) groups excluding carboxylic acids is 2. The lowest BCUT2D eigenvalue weighted by molar-refractivity contribution is -0.131. The van der Waals surface area contributed by atoms with E-state index in [9.17, 15) is 9.59 Å². The molecule has 0 aliphatic carbocycles.